The van der Waals surface area contributed by atoms with E-state index in [9.17, 15) is 0 Å². The molecule has 1 aliphatic rings. The van der Waals surface area contributed by atoms with Gasteiger partial charge in [0.2, 0.25) is 0 Å². The van der Waals surface area contributed by atoms with Gasteiger partial charge in [0.15, 0.2) is 5.13 Å². The normalized spacial score (nSPS) is 14.7. The SMILES string of the molecule is CC.c1cncc(-c2csc(N3CCOCC3)n2)c1. The van der Waals surface area contributed by atoms with Crippen molar-refractivity contribution >= 4 is 16.5 Å². The predicted octanol–water partition coefficient (Wildman–Crippen LogP) is 3.07. The molecule has 0 aliphatic carbocycles. The van der Waals surface area contributed by atoms with Crippen LogP contribution in [-0.4, -0.2) is 36.3 Å². The van der Waals surface area contributed by atoms with E-state index >= 15 is 0 Å². The van der Waals surface area contributed by atoms with Crippen LogP contribution in [0.2, 0.25) is 0 Å². The molecule has 1 aliphatic heterocycles. The van der Waals surface area contributed by atoms with Gasteiger partial charge in [0.1, 0.15) is 0 Å². The van der Waals surface area contributed by atoms with Gasteiger partial charge in [-0.1, -0.05) is 13.8 Å². The van der Waals surface area contributed by atoms with Crippen LogP contribution in [0.15, 0.2) is 29.9 Å². The molecule has 102 valence electrons. The van der Waals surface area contributed by atoms with Crippen LogP contribution in [-0.2, 0) is 4.74 Å². The predicted molar refractivity (Wildman–Crippen MR) is 79.7 cm³/mol. The standard InChI is InChI=1S/C12H13N3OS.C2H6/c1-2-10(8-13-3-1)11-9-17-12(14-11)15-4-6-16-7-5-15;1-2/h1-3,8-9H,4-7H2;1-2H3. The Labute approximate surface area is 118 Å². The van der Waals surface area contributed by atoms with E-state index in [0.717, 1.165) is 42.7 Å². The fraction of sp³-hybridized carbons (Fsp3) is 0.429. The van der Waals surface area contributed by atoms with Crippen molar-refractivity contribution in [1.29, 1.82) is 0 Å². The minimum atomic E-state index is 0.793. The van der Waals surface area contributed by atoms with Gasteiger partial charge in [-0.2, -0.15) is 0 Å². The van der Waals surface area contributed by atoms with Crippen LogP contribution in [0.3, 0.4) is 0 Å². The van der Waals surface area contributed by atoms with Gasteiger partial charge in [0.05, 0.1) is 18.9 Å². The number of thiazole rings is 1. The van der Waals surface area contributed by atoms with Crippen molar-refractivity contribution < 1.29 is 4.74 Å². The molecule has 2 aromatic heterocycles. The molecule has 0 spiro atoms. The summed E-state index contributed by atoms with van der Waals surface area (Å²) in [6.07, 6.45) is 3.62. The third-order valence-electron chi connectivity index (χ3n) is 2.73. The summed E-state index contributed by atoms with van der Waals surface area (Å²) in [6.45, 7) is 7.45. The van der Waals surface area contributed by atoms with E-state index in [-0.39, 0.29) is 0 Å². The Bertz CT molecular complexity index is 480. The molecule has 3 rings (SSSR count). The van der Waals surface area contributed by atoms with Crippen molar-refractivity contribution in [3.63, 3.8) is 0 Å². The van der Waals surface area contributed by atoms with Crippen molar-refractivity contribution in [1.82, 2.24) is 9.97 Å². The van der Waals surface area contributed by atoms with Crippen molar-refractivity contribution in [2.24, 2.45) is 0 Å². The first-order chi connectivity index (χ1) is 9.43. The largest absolute Gasteiger partial charge is 0.378 e. The van der Waals surface area contributed by atoms with E-state index in [0.29, 0.717) is 0 Å². The fourth-order valence-electron chi connectivity index (χ4n) is 1.81. The number of morpholine rings is 1. The van der Waals surface area contributed by atoms with Gasteiger partial charge >= 0.3 is 0 Å². The zero-order chi connectivity index (χ0) is 13.5. The Morgan fingerprint density at radius 2 is 2.05 bits per heavy atom. The van der Waals surface area contributed by atoms with E-state index in [1.807, 2.05) is 32.2 Å². The Balaban J connectivity index is 0.000000637. The van der Waals surface area contributed by atoms with Crippen molar-refractivity contribution in [2.75, 3.05) is 31.2 Å². The lowest BCUT2D eigenvalue weighted by Crippen LogP contribution is -2.36. The summed E-state index contributed by atoms with van der Waals surface area (Å²) in [4.78, 5) is 11.0. The number of anilines is 1. The maximum Gasteiger partial charge on any atom is 0.186 e. The fourth-order valence-corrected chi connectivity index (χ4v) is 2.70. The molecule has 0 atom stereocenters. The van der Waals surface area contributed by atoms with Crippen molar-refractivity contribution in [3.8, 4) is 11.3 Å². The molecule has 5 heteroatoms. The highest BCUT2D eigenvalue weighted by Gasteiger charge is 2.14. The summed E-state index contributed by atoms with van der Waals surface area (Å²) in [5.41, 5.74) is 2.08. The topological polar surface area (TPSA) is 38.2 Å². The summed E-state index contributed by atoms with van der Waals surface area (Å²) < 4.78 is 5.34. The molecule has 0 bridgehead atoms. The van der Waals surface area contributed by atoms with E-state index < -0.39 is 0 Å². The molecule has 0 amide bonds. The second kappa shape index (κ2) is 7.21. The Hall–Kier alpha value is -1.46. The first-order valence-corrected chi connectivity index (χ1v) is 7.50. The average Bonchev–Trinajstić information content (AvgIpc) is 3.01. The first-order valence-electron chi connectivity index (χ1n) is 6.62. The van der Waals surface area contributed by atoms with Crippen LogP contribution >= 0.6 is 11.3 Å². The maximum atomic E-state index is 5.34. The van der Waals surface area contributed by atoms with Crippen LogP contribution in [0.4, 0.5) is 5.13 Å². The Morgan fingerprint density at radius 3 is 2.74 bits per heavy atom. The third-order valence-corrected chi connectivity index (χ3v) is 3.63. The number of nitrogens with zero attached hydrogens (tertiary/aromatic N) is 3. The van der Waals surface area contributed by atoms with E-state index in [4.69, 9.17) is 4.74 Å². The molecular formula is C14H19N3OS. The average molecular weight is 277 g/mol. The van der Waals surface area contributed by atoms with Crippen molar-refractivity contribution in [2.45, 2.75) is 13.8 Å². The molecule has 3 heterocycles. The Morgan fingerprint density at radius 1 is 1.26 bits per heavy atom. The Kier molecular flexibility index (Phi) is 5.30. The minimum absolute atomic E-state index is 0.793. The van der Waals surface area contributed by atoms with Gasteiger partial charge < -0.3 is 9.64 Å². The monoisotopic (exact) mass is 277 g/mol. The molecular weight excluding hydrogens is 258 g/mol. The van der Waals surface area contributed by atoms with Crippen LogP contribution in [0.1, 0.15) is 13.8 Å². The number of hydrogen-bond acceptors (Lipinski definition) is 5. The van der Waals surface area contributed by atoms with Crippen LogP contribution in [0.5, 0.6) is 0 Å². The van der Waals surface area contributed by atoms with Gasteiger partial charge in [-0.25, -0.2) is 4.98 Å². The molecule has 0 N–H and O–H groups in total. The molecule has 0 saturated carbocycles. The molecule has 0 unspecified atom stereocenters. The molecule has 1 fully saturated rings. The molecule has 0 aromatic carbocycles. The van der Waals surface area contributed by atoms with E-state index in [1.165, 1.54) is 0 Å². The summed E-state index contributed by atoms with van der Waals surface area (Å²) in [7, 11) is 0. The molecule has 0 radical (unpaired) electrons. The van der Waals surface area contributed by atoms with Gasteiger partial charge in [0, 0.05) is 36.4 Å². The maximum absolute atomic E-state index is 5.34. The molecule has 19 heavy (non-hydrogen) atoms. The zero-order valence-electron chi connectivity index (χ0n) is 11.4. The number of hydrogen-bond donors (Lipinski definition) is 0. The lowest BCUT2D eigenvalue weighted by Gasteiger charge is -2.25. The third kappa shape index (κ3) is 3.52. The number of pyridine rings is 1. The zero-order valence-corrected chi connectivity index (χ0v) is 12.2. The van der Waals surface area contributed by atoms with Crippen LogP contribution in [0, 0.1) is 0 Å². The highest BCUT2D eigenvalue weighted by molar-refractivity contribution is 7.14. The highest BCUT2D eigenvalue weighted by Crippen LogP contribution is 2.27. The van der Waals surface area contributed by atoms with E-state index in [2.05, 4.69) is 20.2 Å². The van der Waals surface area contributed by atoms with Gasteiger partial charge in [-0.3, -0.25) is 4.98 Å². The molecule has 1 saturated heterocycles. The summed E-state index contributed by atoms with van der Waals surface area (Å²) in [6, 6.07) is 3.97. The quantitative estimate of drug-likeness (QED) is 0.845. The van der Waals surface area contributed by atoms with Crippen LogP contribution < -0.4 is 4.90 Å². The van der Waals surface area contributed by atoms with Gasteiger partial charge in [-0.15, -0.1) is 11.3 Å². The lowest BCUT2D eigenvalue weighted by molar-refractivity contribution is 0.122. The number of rotatable bonds is 2. The summed E-state index contributed by atoms with van der Waals surface area (Å²) in [5.74, 6) is 0. The highest BCUT2D eigenvalue weighted by atomic mass is 32.1. The van der Waals surface area contributed by atoms with Crippen LogP contribution in [0.25, 0.3) is 11.3 Å². The lowest BCUT2D eigenvalue weighted by atomic mass is 10.2. The van der Waals surface area contributed by atoms with E-state index in [1.54, 1.807) is 17.5 Å². The number of ether oxygens (including phenoxy) is 1. The minimum Gasteiger partial charge on any atom is -0.378 e. The summed E-state index contributed by atoms with van der Waals surface area (Å²) >= 11 is 1.68. The summed E-state index contributed by atoms with van der Waals surface area (Å²) in [5, 5.41) is 3.16. The second-order valence-corrected chi connectivity index (χ2v) is 4.69. The molecule has 2 aromatic rings. The smallest absolute Gasteiger partial charge is 0.186 e. The first kappa shape index (κ1) is 14.0. The van der Waals surface area contributed by atoms with Gasteiger partial charge in [0.25, 0.3) is 0 Å². The van der Waals surface area contributed by atoms with Gasteiger partial charge in [-0.05, 0) is 12.1 Å². The second-order valence-electron chi connectivity index (χ2n) is 3.86. The van der Waals surface area contributed by atoms with Crippen molar-refractivity contribution in [3.05, 3.63) is 29.9 Å². The molecule has 4 nitrogen and oxygen atoms in total. The number of aromatic nitrogens is 2.